The first-order chi connectivity index (χ1) is 18.0. The fourth-order valence-electron chi connectivity index (χ4n) is 4.48. The summed E-state index contributed by atoms with van der Waals surface area (Å²) >= 11 is 12.6. The Balaban J connectivity index is 1.26. The molecule has 5 rings (SSSR count). The molecule has 1 N–H and O–H groups in total. The van der Waals surface area contributed by atoms with E-state index < -0.39 is 11.9 Å². The quantitative estimate of drug-likeness (QED) is 0.353. The van der Waals surface area contributed by atoms with Gasteiger partial charge in [0, 0.05) is 67.2 Å². The van der Waals surface area contributed by atoms with Gasteiger partial charge < -0.3 is 14.8 Å². The Morgan fingerprint density at radius 1 is 1.16 bits per heavy atom. The molecule has 192 valence electrons. The minimum Gasteiger partial charge on any atom is -0.486 e. The molecule has 0 bridgehead atoms. The van der Waals surface area contributed by atoms with E-state index >= 15 is 4.39 Å². The number of pyridine rings is 2. The lowest BCUT2D eigenvalue weighted by atomic mass is 10.0. The van der Waals surface area contributed by atoms with Crippen LogP contribution < -0.4 is 10.1 Å². The highest BCUT2D eigenvalue weighted by Crippen LogP contribution is 2.34. The smallest absolute Gasteiger partial charge is 0.134 e. The van der Waals surface area contributed by atoms with Crippen molar-refractivity contribution in [3.05, 3.63) is 93.0 Å². The number of allylic oxidation sites excluding steroid dienone is 1. The lowest BCUT2D eigenvalue weighted by molar-refractivity contribution is 0.0775. The van der Waals surface area contributed by atoms with E-state index in [9.17, 15) is 0 Å². The molecule has 0 unspecified atom stereocenters. The van der Waals surface area contributed by atoms with Crippen LogP contribution in [0.3, 0.4) is 0 Å². The molecular weight excluding hydrogens is 514 g/mol. The van der Waals surface area contributed by atoms with E-state index in [2.05, 4.69) is 20.3 Å². The van der Waals surface area contributed by atoms with E-state index in [-0.39, 0.29) is 0 Å². The average molecular weight is 541 g/mol. The van der Waals surface area contributed by atoms with Crippen molar-refractivity contribution in [1.29, 1.82) is 0 Å². The van der Waals surface area contributed by atoms with Crippen LogP contribution in [0, 0.1) is 0 Å². The number of aromatic nitrogens is 2. The van der Waals surface area contributed by atoms with Gasteiger partial charge in [0.2, 0.25) is 0 Å². The molecule has 0 radical (unpaired) electrons. The topological polar surface area (TPSA) is 68.6 Å². The third-order valence-electron chi connectivity index (χ3n) is 6.54. The van der Waals surface area contributed by atoms with Gasteiger partial charge in [-0.05, 0) is 49.6 Å². The van der Waals surface area contributed by atoms with Gasteiger partial charge in [-0.25, -0.2) is 4.39 Å². The highest BCUT2D eigenvalue weighted by molar-refractivity contribution is 6.35. The van der Waals surface area contributed by atoms with Gasteiger partial charge in [-0.1, -0.05) is 29.3 Å². The summed E-state index contributed by atoms with van der Waals surface area (Å²) in [6.45, 7) is 4.57. The predicted octanol–water partition coefficient (Wildman–Crippen LogP) is 6.51. The van der Waals surface area contributed by atoms with E-state index in [1.165, 1.54) is 18.5 Å². The maximum absolute atomic E-state index is 15.2. The van der Waals surface area contributed by atoms with Crippen molar-refractivity contribution in [2.45, 2.75) is 45.0 Å². The maximum Gasteiger partial charge on any atom is 0.134 e. The van der Waals surface area contributed by atoms with Crippen molar-refractivity contribution in [3.63, 3.8) is 0 Å². The van der Waals surface area contributed by atoms with E-state index in [0.717, 1.165) is 42.9 Å². The van der Waals surface area contributed by atoms with Crippen LogP contribution in [-0.4, -0.2) is 34.9 Å². The van der Waals surface area contributed by atoms with Crippen LogP contribution in [0.15, 0.2) is 60.0 Å². The summed E-state index contributed by atoms with van der Waals surface area (Å²) < 4.78 is 26.7. The van der Waals surface area contributed by atoms with Crippen LogP contribution >= 0.6 is 23.2 Å². The molecule has 9 heteroatoms. The molecule has 0 amide bonds. The first-order valence-corrected chi connectivity index (χ1v) is 13.0. The van der Waals surface area contributed by atoms with Gasteiger partial charge in [-0.2, -0.15) is 0 Å². The van der Waals surface area contributed by atoms with Gasteiger partial charge >= 0.3 is 0 Å². The number of benzene rings is 1. The second-order valence-electron chi connectivity index (χ2n) is 9.10. The van der Waals surface area contributed by atoms with Gasteiger partial charge in [0.1, 0.15) is 17.7 Å². The molecule has 1 saturated heterocycles. The third kappa shape index (κ3) is 6.18. The van der Waals surface area contributed by atoms with E-state index in [4.69, 9.17) is 32.7 Å². The first-order valence-electron chi connectivity index (χ1n) is 12.2. The second-order valence-corrected chi connectivity index (χ2v) is 9.91. The molecule has 1 fully saturated rings. The highest BCUT2D eigenvalue weighted by atomic mass is 35.5. The molecule has 1 atom stereocenters. The number of nitrogens with one attached hydrogen (secondary N) is 1. The number of aliphatic imine (C=N–C) groups is 1. The maximum atomic E-state index is 15.2. The number of fused-ring (bicyclic) bond motifs is 1. The van der Waals surface area contributed by atoms with Crippen LogP contribution in [0.25, 0.3) is 5.83 Å². The molecule has 2 aromatic heterocycles. The Morgan fingerprint density at radius 2 is 1.95 bits per heavy atom. The first kappa shape index (κ1) is 25.8. The van der Waals surface area contributed by atoms with Crippen molar-refractivity contribution in [3.8, 4) is 5.75 Å². The zero-order chi connectivity index (χ0) is 25.8. The molecule has 37 heavy (non-hydrogen) atoms. The molecule has 2 aliphatic rings. The zero-order valence-electron chi connectivity index (χ0n) is 20.4. The molecule has 1 aromatic carbocycles. The Labute approximate surface area is 225 Å². The minimum absolute atomic E-state index is 0.391. The number of halogens is 3. The Bertz CT molecular complexity index is 1300. The minimum atomic E-state index is -0.402. The van der Waals surface area contributed by atoms with Crippen molar-refractivity contribution < 1.29 is 13.9 Å². The van der Waals surface area contributed by atoms with Crippen LogP contribution in [0.5, 0.6) is 5.75 Å². The van der Waals surface area contributed by atoms with Crippen molar-refractivity contribution in [2.24, 2.45) is 4.99 Å². The fourth-order valence-corrected chi connectivity index (χ4v) is 5.15. The lowest BCUT2D eigenvalue weighted by Crippen LogP contribution is -2.34. The van der Waals surface area contributed by atoms with Crippen LogP contribution in [0.2, 0.25) is 10.0 Å². The van der Waals surface area contributed by atoms with Gasteiger partial charge in [0.25, 0.3) is 0 Å². The number of hydrogen-bond donors (Lipinski definition) is 1. The Kier molecular flexibility index (Phi) is 8.15. The third-order valence-corrected chi connectivity index (χ3v) is 7.15. The predicted molar refractivity (Wildman–Crippen MR) is 144 cm³/mol. The van der Waals surface area contributed by atoms with Crippen LogP contribution in [0.4, 0.5) is 4.39 Å². The normalized spacial score (nSPS) is 16.9. The van der Waals surface area contributed by atoms with Crippen molar-refractivity contribution in [1.82, 2.24) is 15.3 Å². The summed E-state index contributed by atoms with van der Waals surface area (Å²) in [6.07, 6.45) is 7.67. The summed E-state index contributed by atoms with van der Waals surface area (Å²) in [5.41, 5.74) is 4.35. The van der Waals surface area contributed by atoms with E-state index in [1.54, 1.807) is 12.3 Å². The molecule has 0 saturated carbocycles. The number of ether oxygens (including phenoxy) is 2. The zero-order valence-corrected chi connectivity index (χ0v) is 21.9. The second kappa shape index (κ2) is 11.7. The summed E-state index contributed by atoms with van der Waals surface area (Å²) in [6, 6.07) is 9.71. The van der Waals surface area contributed by atoms with Gasteiger partial charge in [0.15, 0.2) is 0 Å². The summed E-state index contributed by atoms with van der Waals surface area (Å²) in [4.78, 5) is 12.9. The van der Waals surface area contributed by atoms with Crippen LogP contribution in [-0.2, 0) is 17.8 Å². The van der Waals surface area contributed by atoms with E-state index in [1.807, 2.05) is 31.2 Å². The summed E-state index contributed by atoms with van der Waals surface area (Å²) in [5.74, 6) is 0.222. The molecule has 6 nitrogen and oxygen atoms in total. The lowest BCUT2D eigenvalue weighted by Gasteiger charge is -2.23. The fraction of sp³-hybridized carbons (Fsp3) is 0.321. The van der Waals surface area contributed by atoms with Gasteiger partial charge in [-0.3, -0.25) is 15.0 Å². The molecular formula is C28H27Cl2FN4O2. The van der Waals surface area contributed by atoms with Gasteiger partial charge in [-0.15, -0.1) is 0 Å². The summed E-state index contributed by atoms with van der Waals surface area (Å²) in [5, 5.41) is 4.37. The Morgan fingerprint density at radius 3 is 2.68 bits per heavy atom. The van der Waals surface area contributed by atoms with Gasteiger partial charge in [0.05, 0.1) is 28.0 Å². The average Bonchev–Trinajstić information content (AvgIpc) is 3.30. The van der Waals surface area contributed by atoms with E-state index in [0.29, 0.717) is 51.8 Å². The largest absolute Gasteiger partial charge is 0.486 e. The number of rotatable bonds is 8. The molecule has 0 spiro atoms. The number of hydrogen-bond acceptors (Lipinski definition) is 6. The Hall–Kier alpha value is -2.84. The van der Waals surface area contributed by atoms with Crippen molar-refractivity contribution in [2.75, 3.05) is 13.2 Å². The monoisotopic (exact) mass is 540 g/mol. The molecule has 3 aromatic rings. The number of nitrogens with zero attached hydrogens (tertiary/aromatic N) is 3. The van der Waals surface area contributed by atoms with Crippen molar-refractivity contribution >= 4 is 34.7 Å². The molecule has 0 aliphatic carbocycles. The molecule has 4 heterocycles. The molecule has 2 aliphatic heterocycles. The van der Waals surface area contributed by atoms with Crippen LogP contribution in [0.1, 0.15) is 53.8 Å². The highest BCUT2D eigenvalue weighted by Gasteiger charge is 2.20. The summed E-state index contributed by atoms with van der Waals surface area (Å²) in [7, 11) is 0. The standard InChI is InChI=1S/C28H27Cl2FN4O2/c1-17(28-24(29)15-32-16-25(28)30)37-22-5-3-18-12-35-27(23(18)10-22)11-26(31)19-2-4-21(33-13-19)14-34-20-6-8-36-9-7-20/h2-5,10-11,13,15-17,20,34H,6-9,12,14H2,1H3/b26-11-/t17-/m1/s1. The SMILES string of the molecule is C[C@@H](Oc1ccc2c(c1)C(/C=C(\F)c1ccc(CNC3CCOCC3)nc1)=NC2)c1c(Cl)cncc1Cl.